The first-order valence-electron chi connectivity index (χ1n) is 7.21. The van der Waals surface area contributed by atoms with E-state index in [1.807, 2.05) is 17.6 Å². The molecule has 2 heterocycles. The Balaban J connectivity index is 1.90. The van der Waals surface area contributed by atoms with Crippen LogP contribution in [0.3, 0.4) is 0 Å². The van der Waals surface area contributed by atoms with Crippen LogP contribution in [0.2, 0.25) is 0 Å². The van der Waals surface area contributed by atoms with Gasteiger partial charge in [0, 0.05) is 17.0 Å². The highest BCUT2D eigenvalue weighted by Gasteiger charge is 2.15. The van der Waals surface area contributed by atoms with Gasteiger partial charge in [0.05, 0.1) is 17.3 Å². The first-order chi connectivity index (χ1) is 10.4. The Morgan fingerprint density at radius 2 is 2.14 bits per heavy atom. The molecule has 3 aromatic rings. The summed E-state index contributed by atoms with van der Waals surface area (Å²) in [6.45, 7) is 3.15. The third kappa shape index (κ3) is 3.25. The van der Waals surface area contributed by atoms with E-state index in [9.17, 15) is 0 Å². The molecule has 4 nitrogen and oxygen atoms in total. The van der Waals surface area contributed by atoms with Gasteiger partial charge in [-0.05, 0) is 48.6 Å². The minimum Gasteiger partial charge on any atom is -0.308 e. The Bertz CT molecular complexity index is 691. The van der Waals surface area contributed by atoms with E-state index in [1.165, 1.54) is 22.5 Å². The summed E-state index contributed by atoms with van der Waals surface area (Å²) in [6, 6.07) is 10.6. The van der Waals surface area contributed by atoms with Crippen molar-refractivity contribution < 1.29 is 0 Å². The van der Waals surface area contributed by atoms with Gasteiger partial charge in [0.15, 0.2) is 0 Å². The van der Waals surface area contributed by atoms with Crippen LogP contribution in [0, 0.1) is 0 Å². The Morgan fingerprint density at radius 1 is 1.24 bits per heavy atom. The molecule has 0 fully saturated rings. The second kappa shape index (κ2) is 6.74. The second-order valence-corrected chi connectivity index (χ2v) is 5.64. The van der Waals surface area contributed by atoms with Crippen LogP contribution in [0.25, 0.3) is 10.9 Å². The maximum atomic E-state index is 4.43. The third-order valence-electron chi connectivity index (χ3n) is 3.54. The molecule has 3 rings (SSSR count). The molecule has 1 aromatic carbocycles. The van der Waals surface area contributed by atoms with Crippen molar-refractivity contribution in [3.8, 4) is 0 Å². The van der Waals surface area contributed by atoms with E-state index >= 15 is 0 Å². The molecule has 0 aliphatic carbocycles. The number of nitrogens with zero attached hydrogens (tertiary/aromatic N) is 3. The topological polar surface area (TPSA) is 50.7 Å². The summed E-state index contributed by atoms with van der Waals surface area (Å²) in [4.78, 5) is 4.43. The van der Waals surface area contributed by atoms with Crippen molar-refractivity contribution >= 4 is 22.4 Å². The quantitative estimate of drug-likeness (QED) is 0.758. The number of fused-ring (bicyclic) bond motifs is 1. The van der Waals surface area contributed by atoms with Crippen LogP contribution in [0.1, 0.15) is 30.6 Å². The molecule has 1 atom stereocenters. The van der Waals surface area contributed by atoms with Crippen molar-refractivity contribution in [3.05, 3.63) is 53.2 Å². The standard InChI is InChI=1S/C16H18N4S/c1-2-8-17-15(16-11-21-20-19-16)10-12-7-9-18-14-6-4-3-5-13(12)14/h3-7,9,11,15,17H,2,8,10H2,1H3. The van der Waals surface area contributed by atoms with E-state index in [4.69, 9.17) is 0 Å². The number of benzene rings is 1. The van der Waals surface area contributed by atoms with Crippen LogP contribution in [0.15, 0.2) is 41.9 Å². The summed E-state index contributed by atoms with van der Waals surface area (Å²) in [5.74, 6) is 0. The highest BCUT2D eigenvalue weighted by molar-refractivity contribution is 7.03. The van der Waals surface area contributed by atoms with Crippen LogP contribution >= 0.6 is 11.5 Å². The molecule has 1 N–H and O–H groups in total. The summed E-state index contributed by atoms with van der Waals surface area (Å²) in [6.07, 6.45) is 3.88. The van der Waals surface area contributed by atoms with E-state index in [0.717, 1.165) is 30.6 Å². The number of aromatic nitrogens is 3. The largest absolute Gasteiger partial charge is 0.308 e. The summed E-state index contributed by atoms with van der Waals surface area (Å²) in [5, 5.41) is 11.0. The molecule has 2 aromatic heterocycles. The van der Waals surface area contributed by atoms with Gasteiger partial charge in [0.1, 0.15) is 0 Å². The lowest BCUT2D eigenvalue weighted by Gasteiger charge is -2.17. The van der Waals surface area contributed by atoms with E-state index in [1.54, 1.807) is 0 Å². The second-order valence-electron chi connectivity index (χ2n) is 5.03. The lowest BCUT2D eigenvalue weighted by molar-refractivity contribution is 0.518. The molecule has 0 saturated heterocycles. The van der Waals surface area contributed by atoms with Gasteiger partial charge < -0.3 is 5.32 Å². The Hall–Kier alpha value is -1.85. The zero-order valence-electron chi connectivity index (χ0n) is 12.0. The van der Waals surface area contributed by atoms with Crippen molar-refractivity contribution in [1.82, 2.24) is 19.9 Å². The van der Waals surface area contributed by atoms with Crippen molar-refractivity contribution in [2.45, 2.75) is 25.8 Å². The lowest BCUT2D eigenvalue weighted by Crippen LogP contribution is -2.24. The number of hydrogen-bond donors (Lipinski definition) is 1. The molecule has 21 heavy (non-hydrogen) atoms. The summed E-state index contributed by atoms with van der Waals surface area (Å²) >= 11 is 1.40. The predicted molar refractivity (Wildman–Crippen MR) is 86.4 cm³/mol. The summed E-state index contributed by atoms with van der Waals surface area (Å²) in [7, 11) is 0. The van der Waals surface area contributed by atoms with Gasteiger partial charge in [-0.2, -0.15) is 0 Å². The summed E-state index contributed by atoms with van der Waals surface area (Å²) < 4.78 is 3.99. The molecular formula is C16H18N4S. The third-order valence-corrected chi connectivity index (χ3v) is 4.06. The maximum absolute atomic E-state index is 4.43. The fourth-order valence-electron chi connectivity index (χ4n) is 2.48. The monoisotopic (exact) mass is 298 g/mol. The zero-order valence-corrected chi connectivity index (χ0v) is 12.8. The van der Waals surface area contributed by atoms with Crippen LogP contribution in [-0.2, 0) is 6.42 Å². The molecular weight excluding hydrogens is 280 g/mol. The van der Waals surface area contributed by atoms with Crippen molar-refractivity contribution in [1.29, 1.82) is 0 Å². The van der Waals surface area contributed by atoms with Crippen molar-refractivity contribution in [2.24, 2.45) is 0 Å². The number of para-hydroxylation sites is 1. The molecule has 0 amide bonds. The van der Waals surface area contributed by atoms with E-state index in [0.29, 0.717) is 0 Å². The number of hydrogen-bond acceptors (Lipinski definition) is 5. The van der Waals surface area contributed by atoms with Gasteiger partial charge in [0.2, 0.25) is 0 Å². The molecule has 0 saturated carbocycles. The molecule has 0 aliphatic heterocycles. The Morgan fingerprint density at radius 3 is 2.95 bits per heavy atom. The van der Waals surface area contributed by atoms with Crippen LogP contribution in [0.4, 0.5) is 0 Å². The van der Waals surface area contributed by atoms with Gasteiger partial charge in [-0.25, -0.2) is 0 Å². The van der Waals surface area contributed by atoms with Crippen molar-refractivity contribution in [3.63, 3.8) is 0 Å². The molecule has 5 heteroatoms. The first kappa shape index (κ1) is 14.1. The average Bonchev–Trinajstić information content (AvgIpc) is 3.06. The van der Waals surface area contributed by atoms with Gasteiger partial charge >= 0.3 is 0 Å². The van der Waals surface area contributed by atoms with Gasteiger partial charge in [0.25, 0.3) is 0 Å². The van der Waals surface area contributed by atoms with E-state index < -0.39 is 0 Å². The SMILES string of the molecule is CCCNC(Cc1ccnc2ccccc12)c1csnn1. The fourth-order valence-corrected chi connectivity index (χ4v) is 2.98. The molecule has 108 valence electrons. The highest BCUT2D eigenvalue weighted by atomic mass is 32.1. The Labute approximate surface area is 128 Å². The van der Waals surface area contributed by atoms with Crippen LogP contribution in [0.5, 0.6) is 0 Å². The highest BCUT2D eigenvalue weighted by Crippen LogP contribution is 2.23. The zero-order chi connectivity index (χ0) is 14.5. The van der Waals surface area contributed by atoms with Crippen LogP contribution in [-0.4, -0.2) is 21.1 Å². The van der Waals surface area contributed by atoms with Gasteiger partial charge in [-0.3, -0.25) is 4.98 Å². The first-order valence-corrected chi connectivity index (χ1v) is 8.05. The minimum atomic E-state index is 0.203. The van der Waals surface area contributed by atoms with Crippen LogP contribution < -0.4 is 5.32 Å². The fraction of sp³-hybridized carbons (Fsp3) is 0.312. The molecule has 0 radical (unpaired) electrons. The normalized spacial score (nSPS) is 12.6. The van der Waals surface area contributed by atoms with E-state index in [-0.39, 0.29) is 6.04 Å². The average molecular weight is 298 g/mol. The molecule has 0 bridgehead atoms. The Kier molecular flexibility index (Phi) is 4.52. The van der Waals surface area contributed by atoms with Crippen molar-refractivity contribution in [2.75, 3.05) is 6.54 Å². The summed E-state index contributed by atoms with van der Waals surface area (Å²) in [5.41, 5.74) is 3.36. The molecule has 0 aliphatic rings. The molecule has 0 spiro atoms. The predicted octanol–water partition coefficient (Wildman–Crippen LogP) is 3.37. The minimum absolute atomic E-state index is 0.203. The molecule has 1 unspecified atom stereocenters. The van der Waals surface area contributed by atoms with Gasteiger partial charge in [-0.1, -0.05) is 29.6 Å². The maximum Gasteiger partial charge on any atom is 0.0928 e. The lowest BCUT2D eigenvalue weighted by atomic mass is 10.0. The van der Waals surface area contributed by atoms with E-state index in [2.05, 4.69) is 51.1 Å². The smallest absolute Gasteiger partial charge is 0.0928 e. The van der Waals surface area contributed by atoms with Gasteiger partial charge in [-0.15, -0.1) is 5.10 Å². The number of rotatable bonds is 6. The number of pyridine rings is 1. The number of nitrogens with one attached hydrogen (secondary N) is 1.